The lowest BCUT2D eigenvalue weighted by molar-refractivity contribution is 0.525. The average molecular weight is 240 g/mol. The molecule has 0 amide bonds. The summed E-state index contributed by atoms with van der Waals surface area (Å²) in [6.45, 7) is 3.85. The van der Waals surface area contributed by atoms with Gasteiger partial charge in [0.25, 0.3) is 0 Å². The molecule has 2 rings (SSSR count). The molecule has 0 bridgehead atoms. The highest BCUT2D eigenvalue weighted by atomic mass is 35.5. The first-order chi connectivity index (χ1) is 7.52. The molecule has 0 fully saturated rings. The van der Waals surface area contributed by atoms with Crippen molar-refractivity contribution in [1.82, 2.24) is 19.6 Å². The van der Waals surface area contributed by atoms with Crippen molar-refractivity contribution in [3.8, 4) is 0 Å². The highest BCUT2D eigenvalue weighted by Gasteiger charge is 2.18. The zero-order chi connectivity index (χ0) is 11.9. The van der Waals surface area contributed by atoms with Crippen LogP contribution in [0.3, 0.4) is 0 Å². The third-order valence-corrected chi connectivity index (χ3v) is 3.17. The Balaban J connectivity index is 2.45. The molecule has 0 spiro atoms. The molecule has 86 valence electrons. The van der Waals surface area contributed by atoms with Crippen LogP contribution in [0.15, 0.2) is 12.3 Å². The van der Waals surface area contributed by atoms with Crippen molar-refractivity contribution >= 4 is 17.4 Å². The van der Waals surface area contributed by atoms with Gasteiger partial charge in [-0.25, -0.2) is 4.68 Å². The van der Waals surface area contributed by atoms with Crippen molar-refractivity contribution in [2.75, 3.05) is 5.73 Å². The standard InChI is InChI=1S/C10H14ClN5/c1-6-9(11)10(12)16(14-6)7(2)8-4-5-13-15(8)3/h4-5,7H,12H2,1-3H3. The smallest absolute Gasteiger partial charge is 0.141 e. The summed E-state index contributed by atoms with van der Waals surface area (Å²) in [4.78, 5) is 0. The molecule has 0 saturated heterocycles. The zero-order valence-corrected chi connectivity index (χ0v) is 10.2. The molecule has 1 unspecified atom stereocenters. The van der Waals surface area contributed by atoms with Crippen molar-refractivity contribution in [2.24, 2.45) is 7.05 Å². The minimum absolute atomic E-state index is 0.0127. The SMILES string of the molecule is Cc1nn(C(C)c2ccnn2C)c(N)c1Cl. The molecule has 2 heterocycles. The first kappa shape index (κ1) is 11.0. The van der Waals surface area contributed by atoms with E-state index in [-0.39, 0.29) is 6.04 Å². The van der Waals surface area contributed by atoms with Gasteiger partial charge >= 0.3 is 0 Å². The van der Waals surface area contributed by atoms with E-state index in [9.17, 15) is 0 Å². The van der Waals surface area contributed by atoms with E-state index >= 15 is 0 Å². The second-order valence-corrected chi connectivity index (χ2v) is 4.16. The Kier molecular flexibility index (Phi) is 2.63. The van der Waals surface area contributed by atoms with E-state index in [4.69, 9.17) is 17.3 Å². The number of nitrogen functional groups attached to an aromatic ring is 1. The fraction of sp³-hybridized carbons (Fsp3) is 0.400. The predicted molar refractivity (Wildman–Crippen MR) is 63.4 cm³/mol. The summed E-state index contributed by atoms with van der Waals surface area (Å²) in [5, 5.41) is 8.97. The van der Waals surface area contributed by atoms with Gasteiger partial charge in [0.05, 0.1) is 17.4 Å². The minimum Gasteiger partial charge on any atom is -0.383 e. The van der Waals surface area contributed by atoms with Gasteiger partial charge in [0.2, 0.25) is 0 Å². The van der Waals surface area contributed by atoms with E-state index in [1.54, 1.807) is 15.6 Å². The fourth-order valence-electron chi connectivity index (χ4n) is 1.76. The number of rotatable bonds is 2. The number of halogens is 1. The molecule has 0 aliphatic heterocycles. The van der Waals surface area contributed by atoms with Crippen LogP contribution in [-0.4, -0.2) is 19.6 Å². The van der Waals surface area contributed by atoms with Gasteiger partial charge in [0.15, 0.2) is 0 Å². The number of aryl methyl sites for hydroxylation is 2. The van der Waals surface area contributed by atoms with E-state index in [0.717, 1.165) is 11.4 Å². The number of aromatic nitrogens is 4. The Labute approximate surface area is 98.8 Å². The Morgan fingerprint density at radius 2 is 2.19 bits per heavy atom. The lowest BCUT2D eigenvalue weighted by Gasteiger charge is -2.14. The van der Waals surface area contributed by atoms with Crippen molar-refractivity contribution in [1.29, 1.82) is 0 Å². The van der Waals surface area contributed by atoms with Crippen molar-refractivity contribution in [2.45, 2.75) is 19.9 Å². The summed E-state index contributed by atoms with van der Waals surface area (Å²) in [5.74, 6) is 0.493. The van der Waals surface area contributed by atoms with Gasteiger partial charge in [-0.15, -0.1) is 0 Å². The first-order valence-electron chi connectivity index (χ1n) is 5.00. The van der Waals surface area contributed by atoms with E-state index in [2.05, 4.69) is 10.2 Å². The Morgan fingerprint density at radius 3 is 2.62 bits per heavy atom. The highest BCUT2D eigenvalue weighted by Crippen LogP contribution is 2.27. The first-order valence-corrected chi connectivity index (χ1v) is 5.38. The van der Waals surface area contributed by atoms with Crippen molar-refractivity contribution in [3.05, 3.63) is 28.7 Å². The number of anilines is 1. The molecule has 1 atom stereocenters. The van der Waals surface area contributed by atoms with Crippen LogP contribution in [0.25, 0.3) is 0 Å². The lowest BCUT2D eigenvalue weighted by atomic mass is 10.2. The normalized spacial score (nSPS) is 13.0. The van der Waals surface area contributed by atoms with Crippen LogP contribution in [-0.2, 0) is 7.05 Å². The topological polar surface area (TPSA) is 61.7 Å². The molecule has 0 saturated carbocycles. The fourth-order valence-corrected chi connectivity index (χ4v) is 1.88. The third-order valence-electron chi connectivity index (χ3n) is 2.70. The molecule has 6 heteroatoms. The molecule has 2 N–H and O–H groups in total. The van der Waals surface area contributed by atoms with Crippen LogP contribution in [0.5, 0.6) is 0 Å². The molecule has 5 nitrogen and oxygen atoms in total. The number of hydrogen-bond donors (Lipinski definition) is 1. The quantitative estimate of drug-likeness (QED) is 0.869. The van der Waals surface area contributed by atoms with Gasteiger partial charge in [-0.05, 0) is 19.9 Å². The van der Waals surface area contributed by atoms with E-state index in [1.807, 2.05) is 27.0 Å². The summed E-state index contributed by atoms with van der Waals surface area (Å²) in [6.07, 6.45) is 1.75. The van der Waals surface area contributed by atoms with Gasteiger partial charge in [-0.1, -0.05) is 11.6 Å². The number of nitrogens with zero attached hydrogens (tertiary/aromatic N) is 4. The highest BCUT2D eigenvalue weighted by molar-refractivity contribution is 6.33. The Morgan fingerprint density at radius 1 is 1.50 bits per heavy atom. The minimum atomic E-state index is 0.0127. The molecular weight excluding hydrogens is 226 g/mol. The molecule has 16 heavy (non-hydrogen) atoms. The molecule has 0 aliphatic carbocycles. The molecule has 2 aromatic heterocycles. The molecule has 0 aromatic carbocycles. The van der Waals surface area contributed by atoms with E-state index in [0.29, 0.717) is 10.8 Å². The summed E-state index contributed by atoms with van der Waals surface area (Å²) >= 11 is 6.01. The summed E-state index contributed by atoms with van der Waals surface area (Å²) in [5.41, 5.74) is 7.68. The van der Waals surface area contributed by atoms with E-state index in [1.165, 1.54) is 0 Å². The number of nitrogens with two attached hydrogens (primary N) is 1. The lowest BCUT2D eigenvalue weighted by Crippen LogP contribution is -2.14. The molecule has 0 aliphatic rings. The van der Waals surface area contributed by atoms with Crippen molar-refractivity contribution in [3.63, 3.8) is 0 Å². The maximum atomic E-state index is 6.01. The maximum absolute atomic E-state index is 6.01. The zero-order valence-electron chi connectivity index (χ0n) is 9.48. The maximum Gasteiger partial charge on any atom is 0.141 e. The third kappa shape index (κ3) is 1.57. The van der Waals surface area contributed by atoms with Crippen LogP contribution in [0.4, 0.5) is 5.82 Å². The van der Waals surface area contributed by atoms with Crippen LogP contribution in [0.2, 0.25) is 5.02 Å². The largest absolute Gasteiger partial charge is 0.383 e. The van der Waals surface area contributed by atoms with Gasteiger partial charge in [0, 0.05) is 13.2 Å². The number of hydrogen-bond acceptors (Lipinski definition) is 3. The summed E-state index contributed by atoms with van der Waals surface area (Å²) < 4.78 is 3.52. The molecular formula is C10H14ClN5. The van der Waals surface area contributed by atoms with Gasteiger partial charge in [-0.3, -0.25) is 4.68 Å². The average Bonchev–Trinajstić information content (AvgIpc) is 2.77. The second kappa shape index (κ2) is 3.83. The van der Waals surface area contributed by atoms with Crippen LogP contribution in [0.1, 0.15) is 24.4 Å². The summed E-state index contributed by atoms with van der Waals surface area (Å²) in [6, 6.07) is 1.95. The van der Waals surface area contributed by atoms with Crippen LogP contribution >= 0.6 is 11.6 Å². The van der Waals surface area contributed by atoms with Gasteiger partial charge in [-0.2, -0.15) is 10.2 Å². The monoisotopic (exact) mass is 239 g/mol. The molecule has 2 aromatic rings. The summed E-state index contributed by atoms with van der Waals surface area (Å²) in [7, 11) is 1.89. The van der Waals surface area contributed by atoms with Crippen LogP contribution in [0, 0.1) is 6.92 Å². The second-order valence-electron chi connectivity index (χ2n) is 3.78. The van der Waals surface area contributed by atoms with Crippen molar-refractivity contribution < 1.29 is 0 Å². The van der Waals surface area contributed by atoms with Gasteiger partial charge < -0.3 is 5.73 Å². The Hall–Kier alpha value is -1.49. The predicted octanol–water partition coefficient (Wildman–Crippen LogP) is 1.77. The molecule has 0 radical (unpaired) electrons. The van der Waals surface area contributed by atoms with Gasteiger partial charge in [0.1, 0.15) is 10.8 Å². The van der Waals surface area contributed by atoms with Crippen LogP contribution < -0.4 is 5.73 Å². The van der Waals surface area contributed by atoms with E-state index < -0.39 is 0 Å². The Bertz CT molecular complexity index is 513.